The van der Waals surface area contributed by atoms with Crippen molar-refractivity contribution in [3.63, 3.8) is 0 Å². The fourth-order valence-electron chi connectivity index (χ4n) is 3.23. The number of thiophene rings is 1. The molecule has 1 saturated heterocycles. The first-order valence-electron chi connectivity index (χ1n) is 9.17. The summed E-state index contributed by atoms with van der Waals surface area (Å²) in [5.41, 5.74) is 1.25. The highest BCUT2D eigenvalue weighted by Gasteiger charge is 2.21. The first kappa shape index (κ1) is 19.4. The molecule has 0 aliphatic carbocycles. The minimum absolute atomic E-state index is 0.302. The zero-order valence-corrected chi connectivity index (χ0v) is 16.5. The molecule has 0 radical (unpaired) electrons. The van der Waals surface area contributed by atoms with E-state index in [-0.39, 0.29) is 0 Å². The summed E-state index contributed by atoms with van der Waals surface area (Å²) >= 11 is 1.70. The number of rotatable bonds is 8. The summed E-state index contributed by atoms with van der Waals surface area (Å²) in [4.78, 5) is 19.7. The lowest BCUT2D eigenvalue weighted by atomic mass is 10.1. The van der Waals surface area contributed by atoms with E-state index in [0.29, 0.717) is 24.3 Å². The lowest BCUT2D eigenvalue weighted by Crippen LogP contribution is -2.48. The van der Waals surface area contributed by atoms with Crippen LogP contribution in [0.5, 0.6) is 0 Å². The van der Waals surface area contributed by atoms with Crippen molar-refractivity contribution in [3.8, 4) is 0 Å². The van der Waals surface area contributed by atoms with Gasteiger partial charge in [0.05, 0.1) is 0 Å². The largest absolute Gasteiger partial charge is 0.338 e. The summed E-state index contributed by atoms with van der Waals surface area (Å²) in [6.45, 7) is 12.7. The van der Waals surface area contributed by atoms with Gasteiger partial charge in [-0.2, -0.15) is 11.3 Å². The number of carbonyl (C=O) groups excluding carboxylic acids is 1. The SMILES string of the molecule is CC(C)CN(Cc1ccsc1)C(=O)CCC(C)N1CCN(C)CC1. The maximum Gasteiger partial charge on any atom is 0.222 e. The molecular weight excluding hydrogens is 318 g/mol. The maximum absolute atomic E-state index is 12.7. The maximum atomic E-state index is 12.7. The molecule has 1 aromatic rings. The molecule has 1 amide bonds. The van der Waals surface area contributed by atoms with Crippen molar-refractivity contribution in [2.75, 3.05) is 39.8 Å². The molecule has 1 unspecified atom stereocenters. The summed E-state index contributed by atoms with van der Waals surface area (Å²) in [6, 6.07) is 2.61. The van der Waals surface area contributed by atoms with E-state index in [9.17, 15) is 4.79 Å². The highest BCUT2D eigenvalue weighted by atomic mass is 32.1. The molecule has 1 fully saturated rings. The van der Waals surface area contributed by atoms with Gasteiger partial charge in [-0.15, -0.1) is 0 Å². The zero-order chi connectivity index (χ0) is 17.5. The average molecular weight is 352 g/mol. The normalized spacial score (nSPS) is 18.0. The third-order valence-corrected chi connectivity index (χ3v) is 5.56. The first-order chi connectivity index (χ1) is 11.5. The van der Waals surface area contributed by atoms with Gasteiger partial charge in [-0.25, -0.2) is 0 Å². The van der Waals surface area contributed by atoms with Crippen LogP contribution in [0.4, 0.5) is 0 Å². The summed E-state index contributed by atoms with van der Waals surface area (Å²) in [5.74, 6) is 0.804. The Morgan fingerprint density at radius 1 is 1.25 bits per heavy atom. The Labute approximate surface area is 151 Å². The van der Waals surface area contributed by atoms with Crippen LogP contribution in [0, 0.1) is 5.92 Å². The molecule has 1 aliphatic heterocycles. The van der Waals surface area contributed by atoms with Crippen LogP contribution in [-0.4, -0.2) is 66.4 Å². The minimum Gasteiger partial charge on any atom is -0.338 e. The lowest BCUT2D eigenvalue weighted by Gasteiger charge is -2.36. The van der Waals surface area contributed by atoms with Gasteiger partial charge < -0.3 is 9.80 Å². The van der Waals surface area contributed by atoms with Gasteiger partial charge in [0.2, 0.25) is 5.91 Å². The quantitative estimate of drug-likeness (QED) is 0.720. The molecule has 1 aromatic heterocycles. The third-order valence-electron chi connectivity index (χ3n) is 4.83. The van der Waals surface area contributed by atoms with Crippen molar-refractivity contribution in [2.24, 2.45) is 5.92 Å². The van der Waals surface area contributed by atoms with E-state index in [1.807, 2.05) is 4.90 Å². The van der Waals surface area contributed by atoms with Crippen molar-refractivity contribution in [2.45, 2.75) is 46.2 Å². The fraction of sp³-hybridized carbons (Fsp3) is 0.737. The Bertz CT molecular complexity index is 481. The van der Waals surface area contributed by atoms with Gasteiger partial charge in [0.1, 0.15) is 0 Å². The second-order valence-corrected chi connectivity index (χ2v) is 8.31. The number of carbonyl (C=O) groups is 1. The van der Waals surface area contributed by atoms with Crippen LogP contribution in [0.3, 0.4) is 0 Å². The highest BCUT2D eigenvalue weighted by Crippen LogP contribution is 2.15. The molecule has 0 aromatic carbocycles. The van der Waals surface area contributed by atoms with E-state index >= 15 is 0 Å². The molecule has 0 saturated carbocycles. The second-order valence-electron chi connectivity index (χ2n) is 7.53. The van der Waals surface area contributed by atoms with E-state index in [1.54, 1.807) is 11.3 Å². The Morgan fingerprint density at radius 3 is 2.54 bits per heavy atom. The van der Waals surface area contributed by atoms with Crippen LogP contribution in [0.15, 0.2) is 16.8 Å². The molecule has 5 heteroatoms. The first-order valence-corrected chi connectivity index (χ1v) is 10.1. The van der Waals surface area contributed by atoms with Crippen LogP contribution < -0.4 is 0 Å². The Balaban J connectivity index is 1.82. The molecule has 1 aliphatic rings. The number of piperazine rings is 1. The van der Waals surface area contributed by atoms with Crippen LogP contribution in [0.1, 0.15) is 39.2 Å². The van der Waals surface area contributed by atoms with Crippen molar-refractivity contribution < 1.29 is 4.79 Å². The number of hydrogen-bond acceptors (Lipinski definition) is 4. The van der Waals surface area contributed by atoms with E-state index < -0.39 is 0 Å². The fourth-order valence-corrected chi connectivity index (χ4v) is 3.89. The van der Waals surface area contributed by atoms with Crippen molar-refractivity contribution in [1.29, 1.82) is 0 Å². The van der Waals surface area contributed by atoms with E-state index in [2.05, 4.69) is 54.4 Å². The Morgan fingerprint density at radius 2 is 1.96 bits per heavy atom. The van der Waals surface area contributed by atoms with Gasteiger partial charge in [-0.1, -0.05) is 13.8 Å². The van der Waals surface area contributed by atoms with Gasteiger partial charge in [0, 0.05) is 51.7 Å². The second kappa shape index (κ2) is 9.54. The minimum atomic E-state index is 0.302. The summed E-state index contributed by atoms with van der Waals surface area (Å²) < 4.78 is 0. The van der Waals surface area contributed by atoms with Gasteiger partial charge >= 0.3 is 0 Å². The molecule has 0 spiro atoms. The molecule has 0 bridgehead atoms. The smallest absolute Gasteiger partial charge is 0.222 e. The van der Waals surface area contributed by atoms with Gasteiger partial charge in [0.15, 0.2) is 0 Å². The lowest BCUT2D eigenvalue weighted by molar-refractivity contribution is -0.132. The molecule has 2 heterocycles. The van der Waals surface area contributed by atoms with Gasteiger partial charge in [-0.05, 0) is 48.7 Å². The van der Waals surface area contributed by atoms with Crippen molar-refractivity contribution >= 4 is 17.2 Å². The highest BCUT2D eigenvalue weighted by molar-refractivity contribution is 7.07. The molecule has 2 rings (SSSR count). The number of hydrogen-bond donors (Lipinski definition) is 0. The molecule has 4 nitrogen and oxygen atoms in total. The summed E-state index contributed by atoms with van der Waals surface area (Å²) in [6.07, 6.45) is 1.62. The Hall–Kier alpha value is -0.910. The van der Waals surface area contributed by atoms with Gasteiger partial charge in [0.25, 0.3) is 0 Å². The number of nitrogens with zero attached hydrogens (tertiary/aromatic N) is 3. The standard InChI is InChI=1S/C19H33N3OS/c1-16(2)13-22(14-18-7-12-24-15-18)19(23)6-5-17(3)21-10-8-20(4)9-11-21/h7,12,15-17H,5-6,8-11,13-14H2,1-4H3. The predicted octanol–water partition coefficient (Wildman–Crippen LogP) is 3.15. The monoisotopic (exact) mass is 351 g/mol. The van der Waals surface area contributed by atoms with Crippen LogP contribution in [-0.2, 0) is 11.3 Å². The van der Waals surface area contributed by atoms with Gasteiger partial charge in [-0.3, -0.25) is 9.69 Å². The molecule has 24 heavy (non-hydrogen) atoms. The number of amides is 1. The van der Waals surface area contributed by atoms with Crippen LogP contribution in [0.25, 0.3) is 0 Å². The Kier molecular flexibility index (Phi) is 7.72. The summed E-state index contributed by atoms with van der Waals surface area (Å²) in [5, 5.41) is 4.23. The molecule has 0 N–H and O–H groups in total. The number of likely N-dealkylation sites (N-methyl/N-ethyl adjacent to an activating group) is 1. The van der Waals surface area contributed by atoms with Crippen LogP contribution >= 0.6 is 11.3 Å². The average Bonchev–Trinajstić information content (AvgIpc) is 3.05. The van der Waals surface area contributed by atoms with Crippen molar-refractivity contribution in [3.05, 3.63) is 22.4 Å². The predicted molar refractivity (Wildman–Crippen MR) is 102 cm³/mol. The van der Waals surface area contributed by atoms with E-state index in [4.69, 9.17) is 0 Å². The third kappa shape index (κ3) is 6.19. The molecule has 136 valence electrons. The van der Waals surface area contributed by atoms with E-state index in [1.165, 1.54) is 5.56 Å². The van der Waals surface area contributed by atoms with Crippen molar-refractivity contribution in [1.82, 2.24) is 14.7 Å². The topological polar surface area (TPSA) is 26.8 Å². The zero-order valence-electron chi connectivity index (χ0n) is 15.7. The molecular formula is C19H33N3OS. The summed E-state index contributed by atoms with van der Waals surface area (Å²) in [7, 11) is 2.18. The van der Waals surface area contributed by atoms with E-state index in [0.717, 1.165) is 45.7 Å². The van der Waals surface area contributed by atoms with Crippen LogP contribution in [0.2, 0.25) is 0 Å². The molecule has 1 atom stereocenters.